The van der Waals surface area contributed by atoms with Crippen LogP contribution in [-0.4, -0.2) is 42.5 Å². The number of benzene rings is 1. The maximum atomic E-state index is 2.66. The van der Waals surface area contributed by atoms with Gasteiger partial charge in [-0.3, -0.25) is 4.90 Å². The van der Waals surface area contributed by atoms with Crippen LogP contribution >= 0.6 is 0 Å². The van der Waals surface area contributed by atoms with Crippen molar-refractivity contribution in [3.8, 4) is 0 Å². The van der Waals surface area contributed by atoms with E-state index >= 15 is 0 Å². The van der Waals surface area contributed by atoms with Crippen molar-refractivity contribution in [2.45, 2.75) is 19.5 Å². The molecular formula is C15H22N2. The molecule has 0 saturated carbocycles. The van der Waals surface area contributed by atoms with Crippen LogP contribution in [0.25, 0.3) is 0 Å². The van der Waals surface area contributed by atoms with Crippen molar-refractivity contribution in [1.29, 1.82) is 0 Å². The highest BCUT2D eigenvalue weighted by molar-refractivity contribution is 5.15. The Labute approximate surface area is 104 Å². The van der Waals surface area contributed by atoms with Crippen molar-refractivity contribution >= 4 is 0 Å². The van der Waals surface area contributed by atoms with Crippen molar-refractivity contribution in [2.24, 2.45) is 11.8 Å². The van der Waals surface area contributed by atoms with Gasteiger partial charge in [-0.2, -0.15) is 0 Å². The summed E-state index contributed by atoms with van der Waals surface area (Å²) in [5, 5.41) is 0. The fourth-order valence-corrected chi connectivity index (χ4v) is 3.62. The van der Waals surface area contributed by atoms with E-state index in [9.17, 15) is 0 Å². The molecule has 0 N–H and O–H groups in total. The lowest BCUT2D eigenvalue weighted by Gasteiger charge is -2.25. The molecule has 0 spiro atoms. The number of likely N-dealkylation sites (tertiary alicyclic amines) is 2. The molecule has 17 heavy (non-hydrogen) atoms. The zero-order valence-electron chi connectivity index (χ0n) is 10.8. The maximum absolute atomic E-state index is 2.66. The second-order valence-electron chi connectivity index (χ2n) is 5.80. The van der Waals surface area contributed by atoms with E-state index in [0.29, 0.717) is 0 Å². The Bertz CT molecular complexity index is 376. The summed E-state index contributed by atoms with van der Waals surface area (Å²) in [5.74, 6) is 1.79. The van der Waals surface area contributed by atoms with Gasteiger partial charge in [0, 0.05) is 32.2 Å². The quantitative estimate of drug-likeness (QED) is 0.767. The third-order valence-corrected chi connectivity index (χ3v) is 4.57. The molecule has 2 saturated heterocycles. The van der Waals surface area contributed by atoms with Gasteiger partial charge in [0.1, 0.15) is 0 Å². The Morgan fingerprint density at radius 2 is 1.88 bits per heavy atom. The number of rotatable bonds is 2. The normalized spacial score (nSPS) is 34.1. The summed E-state index contributed by atoms with van der Waals surface area (Å²) < 4.78 is 0. The molecule has 0 aliphatic carbocycles. The highest BCUT2D eigenvalue weighted by atomic mass is 15.2. The second-order valence-corrected chi connectivity index (χ2v) is 5.80. The first-order valence-electron chi connectivity index (χ1n) is 6.70. The molecule has 2 heterocycles. The van der Waals surface area contributed by atoms with Crippen LogP contribution in [0.3, 0.4) is 0 Å². The van der Waals surface area contributed by atoms with Gasteiger partial charge in [-0.25, -0.2) is 0 Å². The van der Waals surface area contributed by atoms with Crippen LogP contribution in [0.15, 0.2) is 30.3 Å². The van der Waals surface area contributed by atoms with Gasteiger partial charge >= 0.3 is 0 Å². The lowest BCUT2D eigenvalue weighted by atomic mass is 9.95. The van der Waals surface area contributed by atoms with Gasteiger partial charge in [-0.1, -0.05) is 30.3 Å². The first-order valence-corrected chi connectivity index (χ1v) is 6.70. The van der Waals surface area contributed by atoms with Crippen molar-refractivity contribution in [1.82, 2.24) is 9.80 Å². The van der Waals surface area contributed by atoms with Crippen LogP contribution < -0.4 is 0 Å². The van der Waals surface area contributed by atoms with Gasteiger partial charge in [-0.15, -0.1) is 0 Å². The molecule has 1 aromatic carbocycles. The Morgan fingerprint density at radius 3 is 2.59 bits per heavy atom. The second kappa shape index (κ2) is 4.43. The van der Waals surface area contributed by atoms with Gasteiger partial charge in [-0.05, 0) is 31.4 Å². The van der Waals surface area contributed by atoms with Crippen molar-refractivity contribution < 1.29 is 0 Å². The molecule has 0 amide bonds. The van der Waals surface area contributed by atoms with Gasteiger partial charge in [0.15, 0.2) is 0 Å². The number of hydrogen-bond donors (Lipinski definition) is 0. The van der Waals surface area contributed by atoms with Crippen molar-refractivity contribution in [2.75, 3.05) is 26.7 Å². The van der Waals surface area contributed by atoms with Crippen LogP contribution in [0.5, 0.6) is 0 Å². The van der Waals surface area contributed by atoms with Gasteiger partial charge in [0.25, 0.3) is 0 Å². The third-order valence-electron chi connectivity index (χ3n) is 4.57. The first kappa shape index (κ1) is 11.2. The molecule has 2 heteroatoms. The lowest BCUT2D eigenvalue weighted by molar-refractivity contribution is 0.210. The SMILES string of the molecule is C[C@@H]1[C@@H]2CN(C)C[C@H]2CN1Cc1ccccc1. The zero-order valence-corrected chi connectivity index (χ0v) is 10.8. The summed E-state index contributed by atoms with van der Waals surface area (Å²) in [6, 6.07) is 11.6. The number of fused-ring (bicyclic) bond motifs is 1. The largest absolute Gasteiger partial charge is 0.306 e. The molecule has 2 aliphatic rings. The van der Waals surface area contributed by atoms with E-state index in [1.165, 1.54) is 25.2 Å². The van der Waals surface area contributed by atoms with E-state index < -0.39 is 0 Å². The molecule has 0 radical (unpaired) electrons. The highest BCUT2D eigenvalue weighted by Gasteiger charge is 2.43. The lowest BCUT2D eigenvalue weighted by Crippen LogP contribution is -2.33. The summed E-state index contributed by atoms with van der Waals surface area (Å²) in [5.41, 5.74) is 1.45. The molecule has 2 aliphatic heterocycles. The van der Waals surface area contributed by atoms with Gasteiger partial charge in [0.05, 0.1) is 0 Å². The minimum atomic E-state index is 0.741. The molecule has 0 bridgehead atoms. The molecule has 0 aromatic heterocycles. The Morgan fingerprint density at radius 1 is 1.12 bits per heavy atom. The van der Waals surface area contributed by atoms with E-state index in [2.05, 4.69) is 54.1 Å². The number of hydrogen-bond acceptors (Lipinski definition) is 2. The molecule has 92 valence electrons. The standard InChI is InChI=1S/C15H22N2/c1-12-15-11-16(2)9-14(15)10-17(12)8-13-6-4-3-5-7-13/h3-7,12,14-15H,8-11H2,1-2H3/t12-,14+,15+/m1/s1. The minimum absolute atomic E-state index is 0.741. The topological polar surface area (TPSA) is 6.48 Å². The summed E-state index contributed by atoms with van der Waals surface area (Å²) in [7, 11) is 2.26. The summed E-state index contributed by atoms with van der Waals surface area (Å²) in [6.45, 7) is 7.40. The van der Waals surface area contributed by atoms with Crippen LogP contribution in [0, 0.1) is 11.8 Å². The molecule has 1 aromatic rings. The fraction of sp³-hybridized carbons (Fsp3) is 0.600. The first-order chi connectivity index (χ1) is 8.24. The maximum Gasteiger partial charge on any atom is 0.0236 e. The molecule has 0 unspecified atom stereocenters. The minimum Gasteiger partial charge on any atom is -0.306 e. The van der Waals surface area contributed by atoms with Crippen LogP contribution in [0.1, 0.15) is 12.5 Å². The molecule has 2 nitrogen and oxygen atoms in total. The predicted molar refractivity (Wildman–Crippen MR) is 70.8 cm³/mol. The van der Waals surface area contributed by atoms with E-state index in [0.717, 1.165) is 24.4 Å². The van der Waals surface area contributed by atoms with Crippen LogP contribution in [0.4, 0.5) is 0 Å². The summed E-state index contributed by atoms with van der Waals surface area (Å²) in [4.78, 5) is 5.16. The van der Waals surface area contributed by atoms with E-state index in [1.807, 2.05) is 0 Å². The molecule has 2 fully saturated rings. The average Bonchev–Trinajstić information content (AvgIpc) is 2.81. The zero-order chi connectivity index (χ0) is 11.8. The predicted octanol–water partition coefficient (Wildman–Crippen LogP) is 2.07. The fourth-order valence-electron chi connectivity index (χ4n) is 3.62. The Balaban J connectivity index is 1.67. The van der Waals surface area contributed by atoms with E-state index in [-0.39, 0.29) is 0 Å². The van der Waals surface area contributed by atoms with Crippen LogP contribution in [-0.2, 0) is 6.54 Å². The number of nitrogens with zero attached hydrogens (tertiary/aromatic N) is 2. The molecule has 3 atom stereocenters. The van der Waals surface area contributed by atoms with Crippen molar-refractivity contribution in [3.63, 3.8) is 0 Å². The highest BCUT2D eigenvalue weighted by Crippen LogP contribution is 2.35. The van der Waals surface area contributed by atoms with Gasteiger partial charge < -0.3 is 4.90 Å². The average molecular weight is 230 g/mol. The molecular weight excluding hydrogens is 208 g/mol. The summed E-state index contributed by atoms with van der Waals surface area (Å²) in [6.07, 6.45) is 0. The van der Waals surface area contributed by atoms with Gasteiger partial charge in [0.2, 0.25) is 0 Å². The van der Waals surface area contributed by atoms with Crippen LogP contribution in [0.2, 0.25) is 0 Å². The third kappa shape index (κ3) is 2.12. The Kier molecular flexibility index (Phi) is 2.93. The smallest absolute Gasteiger partial charge is 0.0236 e. The van der Waals surface area contributed by atoms with E-state index in [1.54, 1.807) is 0 Å². The van der Waals surface area contributed by atoms with Crippen molar-refractivity contribution in [3.05, 3.63) is 35.9 Å². The van der Waals surface area contributed by atoms with E-state index in [4.69, 9.17) is 0 Å². The monoisotopic (exact) mass is 230 g/mol. The summed E-state index contributed by atoms with van der Waals surface area (Å²) >= 11 is 0. The Hall–Kier alpha value is -0.860. The molecule has 3 rings (SSSR count).